The molecule has 4 nitrogen and oxygen atoms in total. The van der Waals surface area contributed by atoms with Crippen LogP contribution in [0.25, 0.3) is 0 Å². The standard InChI is InChI=1S/C11H22N2O2/c1-4-11(2,12)10(14)13-8-6-5-7-9(8)15-3/h8-9H,4-7,12H2,1-3H3,(H,13,14). The van der Waals surface area contributed by atoms with Crippen molar-refractivity contribution in [1.29, 1.82) is 0 Å². The second-order valence-electron chi connectivity index (χ2n) is 4.56. The molecule has 1 fully saturated rings. The molecule has 0 aromatic rings. The number of carbonyl (C=O) groups is 1. The molecule has 0 saturated heterocycles. The molecule has 1 aliphatic carbocycles. The van der Waals surface area contributed by atoms with E-state index in [9.17, 15) is 4.79 Å². The van der Waals surface area contributed by atoms with Crippen LogP contribution < -0.4 is 11.1 Å². The van der Waals surface area contributed by atoms with Gasteiger partial charge in [0.15, 0.2) is 0 Å². The Hall–Kier alpha value is -0.610. The number of hydrogen-bond acceptors (Lipinski definition) is 3. The minimum Gasteiger partial charge on any atom is -0.379 e. The Morgan fingerprint density at radius 2 is 2.27 bits per heavy atom. The fraction of sp³-hybridized carbons (Fsp3) is 0.909. The summed E-state index contributed by atoms with van der Waals surface area (Å²) in [5, 5.41) is 2.98. The summed E-state index contributed by atoms with van der Waals surface area (Å²) in [6, 6.07) is 0.136. The van der Waals surface area contributed by atoms with E-state index in [-0.39, 0.29) is 18.1 Å². The van der Waals surface area contributed by atoms with Crippen molar-refractivity contribution < 1.29 is 9.53 Å². The van der Waals surface area contributed by atoms with E-state index in [1.54, 1.807) is 14.0 Å². The third kappa shape index (κ3) is 2.92. The van der Waals surface area contributed by atoms with Crippen molar-refractivity contribution in [2.45, 2.75) is 57.2 Å². The van der Waals surface area contributed by atoms with Crippen LogP contribution in [0.3, 0.4) is 0 Å². The zero-order valence-electron chi connectivity index (χ0n) is 9.88. The first kappa shape index (κ1) is 12.5. The van der Waals surface area contributed by atoms with E-state index in [0.717, 1.165) is 19.3 Å². The summed E-state index contributed by atoms with van der Waals surface area (Å²) in [5.74, 6) is -0.0704. The molecule has 1 aliphatic rings. The van der Waals surface area contributed by atoms with Gasteiger partial charge in [0.25, 0.3) is 0 Å². The molecule has 1 rings (SSSR count). The van der Waals surface area contributed by atoms with E-state index in [0.29, 0.717) is 6.42 Å². The lowest BCUT2D eigenvalue weighted by Crippen LogP contribution is -2.55. The van der Waals surface area contributed by atoms with Crippen molar-refractivity contribution in [3.05, 3.63) is 0 Å². The van der Waals surface area contributed by atoms with Gasteiger partial charge in [-0.2, -0.15) is 0 Å². The fourth-order valence-electron chi connectivity index (χ4n) is 1.87. The zero-order chi connectivity index (χ0) is 11.5. The highest BCUT2D eigenvalue weighted by atomic mass is 16.5. The van der Waals surface area contributed by atoms with Crippen LogP contribution in [0.15, 0.2) is 0 Å². The minimum atomic E-state index is -0.763. The van der Waals surface area contributed by atoms with Gasteiger partial charge in [-0.1, -0.05) is 6.92 Å². The first-order valence-electron chi connectivity index (χ1n) is 5.64. The highest BCUT2D eigenvalue weighted by molar-refractivity contribution is 5.85. The molecule has 15 heavy (non-hydrogen) atoms. The quantitative estimate of drug-likeness (QED) is 0.727. The first-order valence-corrected chi connectivity index (χ1v) is 5.64. The number of nitrogens with one attached hydrogen (secondary N) is 1. The van der Waals surface area contributed by atoms with E-state index in [2.05, 4.69) is 5.32 Å². The molecule has 1 amide bonds. The number of nitrogens with two attached hydrogens (primary N) is 1. The van der Waals surface area contributed by atoms with E-state index in [1.165, 1.54) is 0 Å². The van der Waals surface area contributed by atoms with Gasteiger partial charge >= 0.3 is 0 Å². The molecule has 3 atom stereocenters. The molecular formula is C11H22N2O2. The summed E-state index contributed by atoms with van der Waals surface area (Å²) in [5.41, 5.74) is 5.11. The van der Waals surface area contributed by atoms with Crippen molar-refractivity contribution in [2.75, 3.05) is 7.11 Å². The summed E-state index contributed by atoms with van der Waals surface area (Å²) in [7, 11) is 1.69. The van der Waals surface area contributed by atoms with Gasteiger partial charge in [0.2, 0.25) is 5.91 Å². The Balaban J connectivity index is 2.51. The van der Waals surface area contributed by atoms with Crippen LogP contribution in [-0.2, 0) is 9.53 Å². The third-order valence-electron chi connectivity index (χ3n) is 3.32. The van der Waals surface area contributed by atoms with Gasteiger partial charge < -0.3 is 15.8 Å². The molecule has 0 aromatic heterocycles. The lowest BCUT2D eigenvalue weighted by Gasteiger charge is -2.26. The molecule has 0 aliphatic heterocycles. The fourth-order valence-corrected chi connectivity index (χ4v) is 1.87. The molecule has 0 radical (unpaired) electrons. The number of hydrogen-bond donors (Lipinski definition) is 2. The number of rotatable bonds is 4. The van der Waals surface area contributed by atoms with Crippen LogP contribution in [0, 0.1) is 0 Å². The predicted octanol–water partition coefficient (Wildman–Crippen LogP) is 0.797. The molecular weight excluding hydrogens is 192 g/mol. The van der Waals surface area contributed by atoms with Crippen LogP contribution in [0.5, 0.6) is 0 Å². The number of amides is 1. The summed E-state index contributed by atoms with van der Waals surface area (Å²) >= 11 is 0. The van der Waals surface area contributed by atoms with E-state index < -0.39 is 5.54 Å². The maximum atomic E-state index is 11.8. The molecule has 0 aromatic carbocycles. The molecule has 0 spiro atoms. The molecule has 0 bridgehead atoms. The third-order valence-corrected chi connectivity index (χ3v) is 3.32. The van der Waals surface area contributed by atoms with Gasteiger partial charge in [0, 0.05) is 7.11 Å². The maximum absolute atomic E-state index is 11.8. The van der Waals surface area contributed by atoms with Gasteiger partial charge in [-0.15, -0.1) is 0 Å². The molecule has 1 saturated carbocycles. The summed E-state index contributed by atoms with van der Waals surface area (Å²) in [6.45, 7) is 3.68. The van der Waals surface area contributed by atoms with Crippen molar-refractivity contribution in [3.8, 4) is 0 Å². The van der Waals surface area contributed by atoms with Gasteiger partial charge in [-0.3, -0.25) is 4.79 Å². The van der Waals surface area contributed by atoms with Crippen LogP contribution in [0.4, 0.5) is 0 Å². The Morgan fingerprint density at radius 3 is 2.80 bits per heavy atom. The lowest BCUT2D eigenvalue weighted by atomic mass is 9.98. The maximum Gasteiger partial charge on any atom is 0.240 e. The van der Waals surface area contributed by atoms with E-state index in [1.807, 2.05) is 6.92 Å². The van der Waals surface area contributed by atoms with Gasteiger partial charge in [0.1, 0.15) is 0 Å². The average molecular weight is 214 g/mol. The smallest absolute Gasteiger partial charge is 0.240 e. The minimum absolute atomic E-state index is 0.0704. The first-order chi connectivity index (χ1) is 7.01. The molecule has 3 unspecified atom stereocenters. The second-order valence-corrected chi connectivity index (χ2v) is 4.56. The van der Waals surface area contributed by atoms with Crippen LogP contribution in [0.1, 0.15) is 39.5 Å². The van der Waals surface area contributed by atoms with Crippen LogP contribution >= 0.6 is 0 Å². The summed E-state index contributed by atoms with van der Waals surface area (Å²) in [4.78, 5) is 11.8. The van der Waals surface area contributed by atoms with Crippen molar-refractivity contribution in [2.24, 2.45) is 5.73 Å². The Kier molecular flexibility index (Phi) is 4.11. The van der Waals surface area contributed by atoms with Gasteiger partial charge in [0.05, 0.1) is 17.7 Å². The molecule has 4 heteroatoms. The molecule has 0 heterocycles. The Morgan fingerprint density at radius 1 is 1.60 bits per heavy atom. The monoisotopic (exact) mass is 214 g/mol. The molecule has 88 valence electrons. The number of carbonyl (C=O) groups excluding carboxylic acids is 1. The molecule has 3 N–H and O–H groups in total. The van der Waals surface area contributed by atoms with Crippen molar-refractivity contribution in [3.63, 3.8) is 0 Å². The highest BCUT2D eigenvalue weighted by Gasteiger charge is 2.33. The largest absolute Gasteiger partial charge is 0.379 e. The van der Waals surface area contributed by atoms with E-state index >= 15 is 0 Å². The Labute approximate surface area is 91.5 Å². The predicted molar refractivity (Wildman–Crippen MR) is 59.5 cm³/mol. The van der Waals surface area contributed by atoms with Gasteiger partial charge in [-0.25, -0.2) is 0 Å². The summed E-state index contributed by atoms with van der Waals surface area (Å²) < 4.78 is 5.32. The van der Waals surface area contributed by atoms with Crippen molar-refractivity contribution in [1.82, 2.24) is 5.32 Å². The van der Waals surface area contributed by atoms with E-state index in [4.69, 9.17) is 10.5 Å². The number of methoxy groups -OCH3 is 1. The lowest BCUT2D eigenvalue weighted by molar-refractivity contribution is -0.127. The summed E-state index contributed by atoms with van der Waals surface area (Å²) in [6.07, 6.45) is 3.92. The second kappa shape index (κ2) is 4.94. The Bertz CT molecular complexity index is 229. The topological polar surface area (TPSA) is 64.4 Å². The van der Waals surface area contributed by atoms with Crippen LogP contribution in [-0.4, -0.2) is 30.7 Å². The average Bonchev–Trinajstić information content (AvgIpc) is 2.65. The number of ether oxygens (including phenoxy) is 1. The highest BCUT2D eigenvalue weighted by Crippen LogP contribution is 2.22. The van der Waals surface area contributed by atoms with Crippen molar-refractivity contribution >= 4 is 5.91 Å². The van der Waals surface area contributed by atoms with Gasteiger partial charge in [-0.05, 0) is 32.6 Å². The van der Waals surface area contributed by atoms with Crippen LogP contribution in [0.2, 0.25) is 0 Å². The SMILES string of the molecule is CCC(C)(N)C(=O)NC1CCCC1OC. The zero-order valence-corrected chi connectivity index (χ0v) is 9.88. The normalized spacial score (nSPS) is 29.9.